The van der Waals surface area contributed by atoms with Gasteiger partial charge >= 0.3 is 0 Å². The van der Waals surface area contributed by atoms with Gasteiger partial charge in [-0.05, 0) is 31.9 Å². The number of rotatable bonds is 36. The Balaban J connectivity index is 1.29. The van der Waals surface area contributed by atoms with Crippen LogP contribution in [0.5, 0.6) is 0 Å². The molecule has 20 heteroatoms. The van der Waals surface area contributed by atoms with Gasteiger partial charge in [-0.25, -0.2) is 0 Å². The molecule has 0 spiro atoms. The maximum Gasteiger partial charge on any atom is 0.253 e. The Labute approximate surface area is 363 Å². The summed E-state index contributed by atoms with van der Waals surface area (Å²) in [5, 5.41) is 10.4. The zero-order chi connectivity index (χ0) is 45.4. The maximum absolute atomic E-state index is 12.9. The van der Waals surface area contributed by atoms with Crippen molar-refractivity contribution in [3.8, 4) is 0 Å². The van der Waals surface area contributed by atoms with Crippen LogP contribution in [0.2, 0.25) is 0 Å². The van der Waals surface area contributed by atoms with Crippen LogP contribution in [-0.2, 0) is 71.5 Å². The van der Waals surface area contributed by atoms with Gasteiger partial charge in [0.1, 0.15) is 12.1 Å². The van der Waals surface area contributed by atoms with Gasteiger partial charge < -0.3 is 53.8 Å². The summed E-state index contributed by atoms with van der Waals surface area (Å²) in [4.78, 5) is 85.5. The number of hydrogen-bond acceptors (Lipinski definition) is 15. The molecule has 2 atom stereocenters. The third-order valence-electron chi connectivity index (χ3n) is 8.63. The van der Waals surface area contributed by atoms with Crippen LogP contribution in [0.3, 0.4) is 0 Å². The lowest BCUT2D eigenvalue weighted by molar-refractivity contribution is -0.137. The second-order valence-electron chi connectivity index (χ2n) is 14.2. The molecule has 0 saturated carbocycles. The average Bonchev–Trinajstić information content (AvgIpc) is 3.56. The van der Waals surface area contributed by atoms with Crippen LogP contribution < -0.4 is 21.3 Å². The smallest absolute Gasteiger partial charge is 0.253 e. The lowest BCUT2D eigenvalue weighted by Gasteiger charge is -2.24. The van der Waals surface area contributed by atoms with E-state index in [9.17, 15) is 33.6 Å². The highest BCUT2D eigenvalue weighted by Crippen LogP contribution is 2.10. The van der Waals surface area contributed by atoms with Crippen molar-refractivity contribution in [3.63, 3.8) is 0 Å². The molecule has 20 nitrogen and oxygen atoms in total. The molecule has 0 fully saturated rings. The first kappa shape index (κ1) is 53.5. The van der Waals surface area contributed by atoms with E-state index in [-0.39, 0.29) is 63.4 Å². The van der Waals surface area contributed by atoms with Crippen LogP contribution in [0.4, 0.5) is 5.69 Å². The Kier molecular flexibility index (Phi) is 28.4. The second-order valence-corrected chi connectivity index (χ2v) is 14.2. The number of carbonyl (C=O) groups excluding carboxylic acids is 7. The van der Waals surface area contributed by atoms with Crippen molar-refractivity contribution in [3.05, 3.63) is 42.0 Å². The minimum absolute atomic E-state index is 0.0216. The minimum atomic E-state index is -0.808. The monoisotopic (exact) mass is 879 g/mol. The molecule has 0 bridgehead atoms. The standard InChI is InChI=1S/C42H65N5O15/c1-31(2)40(42(54)43-33(4)41(53)44-34-7-5-32(3)6-8-34)46-37(50)13-16-56-18-20-58-22-24-60-26-28-62-30-29-61-27-25-59-23-21-57-19-17-55-15-12-36(49)45-35(48)11-14-47-38(51)9-10-39(47)52/h5-10,31,33,40H,11-30H2,1-4H3,(H,43,54)(H,44,53)(H,46,50)(H,45,48,49)/t33-,40-/m1/s1. The van der Waals surface area contributed by atoms with E-state index in [1.165, 1.54) is 0 Å². The summed E-state index contributed by atoms with van der Waals surface area (Å²) < 4.78 is 43.5. The van der Waals surface area contributed by atoms with Crippen LogP contribution in [0.1, 0.15) is 45.6 Å². The van der Waals surface area contributed by atoms with E-state index in [2.05, 4.69) is 21.3 Å². The van der Waals surface area contributed by atoms with Crippen molar-refractivity contribution in [2.45, 2.75) is 59.0 Å². The van der Waals surface area contributed by atoms with E-state index in [0.717, 1.165) is 22.6 Å². The third-order valence-corrected chi connectivity index (χ3v) is 8.63. The molecule has 0 aliphatic carbocycles. The molecule has 1 heterocycles. The van der Waals surface area contributed by atoms with Crippen LogP contribution in [0, 0.1) is 12.8 Å². The van der Waals surface area contributed by atoms with E-state index >= 15 is 0 Å². The molecular formula is C42H65N5O15. The number of ether oxygens (including phenoxy) is 8. The fourth-order valence-electron chi connectivity index (χ4n) is 5.15. The lowest BCUT2D eigenvalue weighted by Crippen LogP contribution is -2.53. The fraction of sp³-hybridized carbons (Fsp3) is 0.643. The van der Waals surface area contributed by atoms with Gasteiger partial charge in [0.15, 0.2) is 0 Å². The highest BCUT2D eigenvalue weighted by atomic mass is 16.6. The molecule has 2 rings (SSSR count). The maximum atomic E-state index is 12.9. The van der Waals surface area contributed by atoms with Crippen molar-refractivity contribution in [2.24, 2.45) is 5.92 Å². The highest BCUT2D eigenvalue weighted by molar-refractivity contribution is 6.13. The van der Waals surface area contributed by atoms with E-state index in [1.807, 2.05) is 32.9 Å². The van der Waals surface area contributed by atoms with Gasteiger partial charge in [0.25, 0.3) is 11.8 Å². The molecule has 1 aliphatic rings. The number of nitrogens with zero attached hydrogens (tertiary/aromatic N) is 1. The Morgan fingerprint density at radius 3 is 1.32 bits per heavy atom. The van der Waals surface area contributed by atoms with E-state index < -0.39 is 41.6 Å². The minimum Gasteiger partial charge on any atom is -0.379 e. The number of hydrogen-bond donors (Lipinski definition) is 4. The van der Waals surface area contributed by atoms with E-state index in [0.29, 0.717) is 91.6 Å². The number of anilines is 1. The molecule has 7 amide bonds. The number of carbonyl (C=O) groups is 7. The Morgan fingerprint density at radius 1 is 0.516 bits per heavy atom. The number of nitrogens with one attached hydrogen (secondary N) is 4. The topological polar surface area (TPSA) is 245 Å². The summed E-state index contributed by atoms with van der Waals surface area (Å²) in [6.45, 7) is 12.5. The van der Waals surface area contributed by atoms with Gasteiger partial charge in [-0.1, -0.05) is 31.5 Å². The summed E-state index contributed by atoms with van der Waals surface area (Å²) in [7, 11) is 0. The molecule has 1 aromatic rings. The Morgan fingerprint density at radius 2 is 0.903 bits per heavy atom. The predicted molar refractivity (Wildman–Crippen MR) is 224 cm³/mol. The summed E-state index contributed by atoms with van der Waals surface area (Å²) in [6, 6.07) is 5.72. The Bertz CT molecular complexity index is 1520. The van der Waals surface area contributed by atoms with Crippen molar-refractivity contribution in [1.82, 2.24) is 20.9 Å². The summed E-state index contributed by atoms with van der Waals surface area (Å²) in [5.74, 6) is -3.40. The molecule has 4 N–H and O–H groups in total. The molecule has 62 heavy (non-hydrogen) atoms. The van der Waals surface area contributed by atoms with Crippen molar-refractivity contribution in [1.29, 1.82) is 0 Å². The number of imide groups is 2. The highest BCUT2D eigenvalue weighted by Gasteiger charge is 2.27. The summed E-state index contributed by atoms with van der Waals surface area (Å²) in [6.07, 6.45) is 2.14. The van der Waals surface area contributed by atoms with Crippen molar-refractivity contribution in [2.75, 3.05) is 118 Å². The molecule has 1 aliphatic heterocycles. The largest absolute Gasteiger partial charge is 0.379 e. The first-order valence-corrected chi connectivity index (χ1v) is 20.8. The zero-order valence-electron chi connectivity index (χ0n) is 36.4. The van der Waals surface area contributed by atoms with E-state index in [4.69, 9.17) is 37.9 Å². The number of amides is 7. The number of benzene rings is 1. The number of aryl methyl sites for hydroxylation is 1. The lowest BCUT2D eigenvalue weighted by atomic mass is 10.0. The van der Waals surface area contributed by atoms with Gasteiger partial charge in [0, 0.05) is 37.2 Å². The second kappa shape index (κ2) is 33.0. The first-order valence-electron chi connectivity index (χ1n) is 20.8. The van der Waals surface area contributed by atoms with Gasteiger partial charge in [-0.2, -0.15) is 0 Å². The first-order chi connectivity index (χ1) is 29.9. The zero-order valence-corrected chi connectivity index (χ0v) is 36.4. The third kappa shape index (κ3) is 25.3. The van der Waals surface area contributed by atoms with E-state index in [1.54, 1.807) is 19.1 Å². The van der Waals surface area contributed by atoms with Gasteiger partial charge in [-0.3, -0.25) is 43.8 Å². The average molecular weight is 880 g/mol. The van der Waals surface area contributed by atoms with Gasteiger partial charge in [-0.15, -0.1) is 0 Å². The summed E-state index contributed by atoms with van der Waals surface area (Å²) in [5.41, 5.74) is 1.69. The van der Waals surface area contributed by atoms with Crippen LogP contribution >= 0.6 is 0 Å². The van der Waals surface area contributed by atoms with Crippen LogP contribution in [-0.4, -0.2) is 171 Å². The van der Waals surface area contributed by atoms with Crippen molar-refractivity contribution >= 4 is 47.0 Å². The van der Waals surface area contributed by atoms with Crippen LogP contribution in [0.25, 0.3) is 0 Å². The van der Waals surface area contributed by atoms with Crippen LogP contribution in [0.15, 0.2) is 36.4 Å². The predicted octanol–water partition coefficient (Wildman–Crippen LogP) is 0.450. The normalized spacial score (nSPS) is 13.3. The molecule has 0 unspecified atom stereocenters. The summed E-state index contributed by atoms with van der Waals surface area (Å²) >= 11 is 0. The molecule has 348 valence electrons. The molecule has 0 saturated heterocycles. The van der Waals surface area contributed by atoms with Gasteiger partial charge in [0.05, 0.1) is 112 Å². The SMILES string of the molecule is Cc1ccc(NC(=O)[C@@H](C)NC(=O)[C@H](NC(=O)CCOCCOCCOCCOCCOCCOCCOCCOCCC(=O)NC(=O)CCN2C(=O)C=CC2=O)C(C)C)cc1. The molecular weight excluding hydrogens is 814 g/mol. The molecule has 1 aromatic carbocycles. The van der Waals surface area contributed by atoms with Gasteiger partial charge in [0.2, 0.25) is 29.5 Å². The van der Waals surface area contributed by atoms with Crippen molar-refractivity contribution < 1.29 is 71.5 Å². The fourth-order valence-corrected chi connectivity index (χ4v) is 5.15. The molecule has 0 radical (unpaired) electrons. The molecule has 0 aromatic heterocycles. The Hall–Kier alpha value is -4.67. The quantitative estimate of drug-likeness (QED) is 0.0528.